The second-order valence-electron chi connectivity index (χ2n) is 2.74. The van der Waals surface area contributed by atoms with Crippen LogP contribution in [0.15, 0.2) is 0 Å². The molecule has 0 aromatic heterocycles. The topological polar surface area (TPSA) is 72.8 Å². The van der Waals surface area contributed by atoms with Crippen molar-refractivity contribution in [2.24, 2.45) is 5.92 Å². The van der Waals surface area contributed by atoms with Crippen molar-refractivity contribution in [3.05, 3.63) is 0 Å². The highest BCUT2D eigenvalue weighted by atomic mass is 16.6. The van der Waals surface area contributed by atoms with Gasteiger partial charge in [0.1, 0.15) is 0 Å². The van der Waals surface area contributed by atoms with Gasteiger partial charge in [0.2, 0.25) is 0 Å². The smallest absolute Gasteiger partial charge is 0.335 e. The van der Waals surface area contributed by atoms with E-state index < -0.39 is 24.0 Å². The van der Waals surface area contributed by atoms with E-state index in [0.717, 1.165) is 0 Å². The van der Waals surface area contributed by atoms with Crippen LogP contribution in [0.1, 0.15) is 20.8 Å². The van der Waals surface area contributed by atoms with Gasteiger partial charge in [-0.3, -0.25) is 4.79 Å². The van der Waals surface area contributed by atoms with E-state index in [9.17, 15) is 14.7 Å². The monoisotopic (exact) mass is 204 g/mol. The van der Waals surface area contributed by atoms with E-state index in [-0.39, 0.29) is 13.2 Å². The van der Waals surface area contributed by atoms with Gasteiger partial charge in [0.05, 0.1) is 19.1 Å². The average molecular weight is 204 g/mol. The first-order valence-electron chi connectivity index (χ1n) is 4.55. The Morgan fingerprint density at radius 3 is 2.00 bits per heavy atom. The molecular formula is C9H16O5. The van der Waals surface area contributed by atoms with Crippen molar-refractivity contribution in [2.75, 3.05) is 13.2 Å². The molecule has 2 atom stereocenters. The third kappa shape index (κ3) is 3.74. The van der Waals surface area contributed by atoms with Crippen LogP contribution in [-0.2, 0) is 19.1 Å². The minimum absolute atomic E-state index is 0.172. The summed E-state index contributed by atoms with van der Waals surface area (Å²) >= 11 is 0. The maximum Gasteiger partial charge on any atom is 0.335 e. The normalized spacial score (nSPS) is 14.3. The van der Waals surface area contributed by atoms with E-state index in [1.807, 2.05) is 0 Å². The standard InChI is InChI=1S/C9H16O5/c1-4-13-8(11)6(3)7(10)9(12)14-5-2/h6-7,10H,4-5H2,1-3H3. The van der Waals surface area contributed by atoms with E-state index in [0.29, 0.717) is 0 Å². The molecule has 5 nitrogen and oxygen atoms in total. The van der Waals surface area contributed by atoms with Gasteiger partial charge in [-0.2, -0.15) is 0 Å². The Kier molecular flexibility index (Phi) is 5.87. The number of rotatable bonds is 5. The lowest BCUT2D eigenvalue weighted by atomic mass is 10.1. The van der Waals surface area contributed by atoms with Crippen molar-refractivity contribution in [3.63, 3.8) is 0 Å². The second-order valence-corrected chi connectivity index (χ2v) is 2.74. The van der Waals surface area contributed by atoms with E-state index in [2.05, 4.69) is 9.47 Å². The van der Waals surface area contributed by atoms with Crippen LogP contribution < -0.4 is 0 Å². The summed E-state index contributed by atoms with van der Waals surface area (Å²) in [6, 6.07) is 0. The number of hydrogen-bond acceptors (Lipinski definition) is 5. The molecule has 0 saturated carbocycles. The summed E-state index contributed by atoms with van der Waals surface area (Å²) in [6.07, 6.45) is -1.45. The fourth-order valence-electron chi connectivity index (χ4n) is 0.834. The summed E-state index contributed by atoms with van der Waals surface area (Å²) in [6.45, 7) is 5.09. The van der Waals surface area contributed by atoms with Crippen molar-refractivity contribution < 1.29 is 24.2 Å². The van der Waals surface area contributed by atoms with Gasteiger partial charge in [0.25, 0.3) is 0 Å². The van der Waals surface area contributed by atoms with Crippen LogP contribution in [0, 0.1) is 5.92 Å². The first kappa shape index (κ1) is 12.9. The van der Waals surface area contributed by atoms with Crippen molar-refractivity contribution in [1.82, 2.24) is 0 Å². The van der Waals surface area contributed by atoms with Gasteiger partial charge < -0.3 is 14.6 Å². The number of carbonyl (C=O) groups excluding carboxylic acids is 2. The fourth-order valence-corrected chi connectivity index (χ4v) is 0.834. The molecule has 0 aliphatic carbocycles. The lowest BCUT2D eigenvalue weighted by molar-refractivity contribution is -0.165. The van der Waals surface area contributed by atoms with Crippen molar-refractivity contribution >= 4 is 11.9 Å². The molecule has 0 radical (unpaired) electrons. The Morgan fingerprint density at radius 1 is 1.14 bits per heavy atom. The molecular weight excluding hydrogens is 188 g/mol. The molecule has 0 heterocycles. The number of carbonyl (C=O) groups is 2. The SMILES string of the molecule is CCOC(=O)C(C)C(O)C(=O)OCC. The second kappa shape index (κ2) is 6.37. The van der Waals surface area contributed by atoms with Crippen LogP contribution in [0.5, 0.6) is 0 Å². The molecule has 1 N–H and O–H groups in total. The molecule has 0 fully saturated rings. The highest BCUT2D eigenvalue weighted by Gasteiger charge is 2.30. The molecule has 2 unspecified atom stereocenters. The van der Waals surface area contributed by atoms with Crippen LogP contribution in [0.2, 0.25) is 0 Å². The molecule has 0 amide bonds. The van der Waals surface area contributed by atoms with Crippen LogP contribution in [0.3, 0.4) is 0 Å². The number of aliphatic hydroxyl groups is 1. The van der Waals surface area contributed by atoms with Gasteiger partial charge in [-0.15, -0.1) is 0 Å². The third-order valence-electron chi connectivity index (χ3n) is 1.66. The van der Waals surface area contributed by atoms with E-state index in [1.54, 1.807) is 13.8 Å². The summed E-state index contributed by atoms with van der Waals surface area (Å²) in [4.78, 5) is 22.1. The fraction of sp³-hybridized carbons (Fsp3) is 0.778. The Balaban J connectivity index is 4.16. The zero-order chi connectivity index (χ0) is 11.1. The Labute approximate surface area is 83.0 Å². The molecule has 0 aliphatic rings. The first-order valence-corrected chi connectivity index (χ1v) is 4.55. The van der Waals surface area contributed by atoms with Crippen molar-refractivity contribution in [3.8, 4) is 0 Å². The minimum atomic E-state index is -1.45. The number of aliphatic hydroxyl groups excluding tert-OH is 1. The molecule has 82 valence electrons. The van der Waals surface area contributed by atoms with E-state index in [1.165, 1.54) is 6.92 Å². The first-order chi connectivity index (χ1) is 6.54. The summed E-state index contributed by atoms with van der Waals surface area (Å²) < 4.78 is 9.20. The van der Waals surface area contributed by atoms with Crippen LogP contribution >= 0.6 is 0 Å². The minimum Gasteiger partial charge on any atom is -0.466 e. The lowest BCUT2D eigenvalue weighted by Crippen LogP contribution is -2.35. The van der Waals surface area contributed by atoms with Crippen LogP contribution in [-0.4, -0.2) is 36.4 Å². The molecule has 0 saturated heterocycles. The summed E-state index contributed by atoms with van der Waals surface area (Å²) in [5.41, 5.74) is 0. The Morgan fingerprint density at radius 2 is 1.57 bits per heavy atom. The summed E-state index contributed by atoms with van der Waals surface area (Å²) in [5.74, 6) is -2.30. The van der Waals surface area contributed by atoms with Gasteiger partial charge >= 0.3 is 11.9 Å². The third-order valence-corrected chi connectivity index (χ3v) is 1.66. The predicted octanol–water partition coefficient (Wildman–Crippen LogP) is 0.110. The molecule has 0 aliphatic heterocycles. The molecule has 5 heteroatoms. The average Bonchev–Trinajstić information content (AvgIpc) is 2.16. The van der Waals surface area contributed by atoms with Crippen molar-refractivity contribution in [1.29, 1.82) is 0 Å². The summed E-state index contributed by atoms with van der Waals surface area (Å²) in [7, 11) is 0. The maximum absolute atomic E-state index is 11.1. The summed E-state index contributed by atoms with van der Waals surface area (Å²) in [5, 5.41) is 9.34. The molecule has 0 aromatic carbocycles. The quantitative estimate of drug-likeness (QED) is 0.643. The maximum atomic E-state index is 11.1. The molecule has 0 bridgehead atoms. The highest BCUT2D eigenvalue weighted by Crippen LogP contribution is 2.07. The Hall–Kier alpha value is -1.10. The highest BCUT2D eigenvalue weighted by molar-refractivity contribution is 5.83. The van der Waals surface area contributed by atoms with Gasteiger partial charge in [-0.05, 0) is 20.8 Å². The van der Waals surface area contributed by atoms with E-state index >= 15 is 0 Å². The molecule has 0 aromatic rings. The lowest BCUT2D eigenvalue weighted by Gasteiger charge is -2.15. The molecule has 14 heavy (non-hydrogen) atoms. The van der Waals surface area contributed by atoms with E-state index in [4.69, 9.17) is 0 Å². The molecule has 0 spiro atoms. The van der Waals surface area contributed by atoms with Crippen LogP contribution in [0.25, 0.3) is 0 Å². The number of esters is 2. The van der Waals surface area contributed by atoms with Gasteiger partial charge in [0, 0.05) is 0 Å². The predicted molar refractivity (Wildman–Crippen MR) is 48.4 cm³/mol. The number of hydrogen-bond donors (Lipinski definition) is 1. The molecule has 0 rings (SSSR count). The largest absolute Gasteiger partial charge is 0.466 e. The Bertz CT molecular complexity index is 179. The number of ether oxygens (including phenoxy) is 2. The van der Waals surface area contributed by atoms with Gasteiger partial charge in [-0.1, -0.05) is 0 Å². The van der Waals surface area contributed by atoms with Gasteiger partial charge in [0.15, 0.2) is 6.10 Å². The van der Waals surface area contributed by atoms with Gasteiger partial charge in [-0.25, -0.2) is 4.79 Å². The zero-order valence-electron chi connectivity index (χ0n) is 8.65. The van der Waals surface area contributed by atoms with Crippen molar-refractivity contribution in [2.45, 2.75) is 26.9 Å². The van der Waals surface area contributed by atoms with Crippen LogP contribution in [0.4, 0.5) is 0 Å². The zero-order valence-corrected chi connectivity index (χ0v) is 8.65.